The van der Waals surface area contributed by atoms with Crippen LogP contribution in [0.5, 0.6) is 0 Å². The van der Waals surface area contributed by atoms with Gasteiger partial charge in [0.15, 0.2) is 0 Å². The molecule has 0 aromatic heterocycles. The van der Waals surface area contributed by atoms with Crippen molar-refractivity contribution in [1.82, 2.24) is 5.32 Å². The van der Waals surface area contributed by atoms with Crippen molar-refractivity contribution >= 4 is 10.8 Å². The van der Waals surface area contributed by atoms with Gasteiger partial charge in [0, 0.05) is 41.1 Å². The van der Waals surface area contributed by atoms with Gasteiger partial charge in [-0.3, -0.25) is 4.21 Å². The molecule has 0 radical (unpaired) electrons. The minimum Gasteiger partial charge on any atom is -0.381 e. The Kier molecular flexibility index (Phi) is 5.67. The number of ether oxygens (including phenoxy) is 1. The standard InChI is InChI=1S/C10H21NO2S/c1-3-9(11-2)8-14(12)10-4-6-13-7-5-10/h9-11H,3-8H2,1-2H3. The Labute approximate surface area is 89.1 Å². The molecule has 0 saturated carbocycles. The first-order chi connectivity index (χ1) is 6.77. The highest BCUT2D eigenvalue weighted by atomic mass is 32.2. The first-order valence-corrected chi connectivity index (χ1v) is 6.78. The summed E-state index contributed by atoms with van der Waals surface area (Å²) in [6.07, 6.45) is 2.98. The summed E-state index contributed by atoms with van der Waals surface area (Å²) >= 11 is 0. The third kappa shape index (κ3) is 3.67. The zero-order chi connectivity index (χ0) is 10.4. The van der Waals surface area contributed by atoms with Crippen LogP contribution in [0, 0.1) is 0 Å². The van der Waals surface area contributed by atoms with Crippen molar-refractivity contribution in [3.63, 3.8) is 0 Å². The number of hydrogen-bond acceptors (Lipinski definition) is 3. The Balaban J connectivity index is 2.32. The van der Waals surface area contributed by atoms with Gasteiger partial charge in [0.05, 0.1) is 0 Å². The van der Waals surface area contributed by atoms with Gasteiger partial charge in [-0.15, -0.1) is 0 Å². The smallest absolute Gasteiger partial charge is 0.0477 e. The molecule has 1 aliphatic heterocycles. The molecule has 1 N–H and O–H groups in total. The van der Waals surface area contributed by atoms with Crippen molar-refractivity contribution in [3.8, 4) is 0 Å². The van der Waals surface area contributed by atoms with Crippen molar-refractivity contribution in [2.75, 3.05) is 26.0 Å². The second kappa shape index (κ2) is 6.53. The van der Waals surface area contributed by atoms with E-state index in [2.05, 4.69) is 12.2 Å². The predicted molar refractivity (Wildman–Crippen MR) is 60.0 cm³/mol. The van der Waals surface area contributed by atoms with Crippen LogP contribution in [0.15, 0.2) is 0 Å². The molecule has 1 aliphatic rings. The van der Waals surface area contributed by atoms with Crippen LogP contribution >= 0.6 is 0 Å². The molecule has 84 valence electrons. The summed E-state index contributed by atoms with van der Waals surface area (Å²) in [7, 11) is 1.26. The van der Waals surface area contributed by atoms with Gasteiger partial charge in [0.25, 0.3) is 0 Å². The Morgan fingerprint density at radius 3 is 2.64 bits per heavy atom. The molecule has 1 fully saturated rings. The van der Waals surface area contributed by atoms with Crippen LogP contribution in [0.1, 0.15) is 26.2 Å². The Morgan fingerprint density at radius 2 is 2.14 bits per heavy atom. The van der Waals surface area contributed by atoms with E-state index in [4.69, 9.17) is 4.74 Å². The van der Waals surface area contributed by atoms with Crippen LogP contribution < -0.4 is 5.32 Å². The van der Waals surface area contributed by atoms with Crippen molar-refractivity contribution in [1.29, 1.82) is 0 Å². The average Bonchev–Trinajstić information content (AvgIpc) is 2.26. The number of nitrogens with one attached hydrogen (secondary N) is 1. The van der Waals surface area contributed by atoms with Crippen molar-refractivity contribution in [3.05, 3.63) is 0 Å². The van der Waals surface area contributed by atoms with Crippen molar-refractivity contribution in [2.45, 2.75) is 37.5 Å². The fourth-order valence-corrected chi connectivity index (χ4v) is 3.47. The van der Waals surface area contributed by atoms with Crippen molar-refractivity contribution < 1.29 is 8.95 Å². The van der Waals surface area contributed by atoms with E-state index in [1.54, 1.807) is 0 Å². The average molecular weight is 219 g/mol. The Bertz CT molecular complexity index is 177. The van der Waals surface area contributed by atoms with E-state index in [0.717, 1.165) is 38.2 Å². The molecular weight excluding hydrogens is 198 g/mol. The summed E-state index contributed by atoms with van der Waals surface area (Å²) in [5.41, 5.74) is 0. The molecule has 2 atom stereocenters. The minimum atomic E-state index is -0.679. The molecular formula is C10H21NO2S. The van der Waals surface area contributed by atoms with Gasteiger partial charge < -0.3 is 10.1 Å². The third-order valence-electron chi connectivity index (χ3n) is 2.81. The lowest BCUT2D eigenvalue weighted by Gasteiger charge is -2.23. The zero-order valence-electron chi connectivity index (χ0n) is 9.12. The fourth-order valence-electron chi connectivity index (χ4n) is 1.68. The van der Waals surface area contributed by atoms with Gasteiger partial charge in [-0.05, 0) is 26.3 Å². The molecule has 1 heterocycles. The van der Waals surface area contributed by atoms with Crippen LogP contribution in [-0.2, 0) is 15.5 Å². The van der Waals surface area contributed by atoms with E-state index >= 15 is 0 Å². The number of rotatable bonds is 5. The first kappa shape index (κ1) is 12.1. The molecule has 0 amide bonds. The monoisotopic (exact) mass is 219 g/mol. The Morgan fingerprint density at radius 1 is 1.50 bits per heavy atom. The van der Waals surface area contributed by atoms with Crippen molar-refractivity contribution in [2.24, 2.45) is 0 Å². The van der Waals surface area contributed by atoms with E-state index in [1.165, 1.54) is 0 Å². The van der Waals surface area contributed by atoms with Gasteiger partial charge in [0.2, 0.25) is 0 Å². The maximum atomic E-state index is 11.9. The molecule has 1 saturated heterocycles. The highest BCUT2D eigenvalue weighted by Crippen LogP contribution is 2.14. The molecule has 14 heavy (non-hydrogen) atoms. The topological polar surface area (TPSA) is 38.3 Å². The molecule has 3 nitrogen and oxygen atoms in total. The summed E-state index contributed by atoms with van der Waals surface area (Å²) in [6.45, 7) is 3.70. The second-order valence-corrected chi connectivity index (χ2v) is 5.51. The maximum absolute atomic E-state index is 11.9. The highest BCUT2D eigenvalue weighted by molar-refractivity contribution is 7.85. The van der Waals surface area contributed by atoms with Crippen LogP contribution in [0.2, 0.25) is 0 Å². The van der Waals surface area contributed by atoms with Gasteiger partial charge in [-0.25, -0.2) is 0 Å². The highest BCUT2D eigenvalue weighted by Gasteiger charge is 2.21. The SMILES string of the molecule is CCC(CS(=O)C1CCOCC1)NC. The predicted octanol–water partition coefficient (Wildman–Crippen LogP) is 0.912. The lowest BCUT2D eigenvalue weighted by atomic mass is 10.2. The van der Waals surface area contributed by atoms with E-state index in [0.29, 0.717) is 11.3 Å². The van der Waals surface area contributed by atoms with Gasteiger partial charge >= 0.3 is 0 Å². The van der Waals surface area contributed by atoms with Gasteiger partial charge in [-0.2, -0.15) is 0 Å². The summed E-state index contributed by atoms with van der Waals surface area (Å²) in [5.74, 6) is 0.789. The van der Waals surface area contributed by atoms with Gasteiger partial charge in [-0.1, -0.05) is 6.92 Å². The summed E-state index contributed by atoms with van der Waals surface area (Å²) in [4.78, 5) is 0. The zero-order valence-corrected chi connectivity index (χ0v) is 9.94. The van der Waals surface area contributed by atoms with Crippen LogP contribution in [0.3, 0.4) is 0 Å². The molecule has 4 heteroatoms. The quantitative estimate of drug-likeness (QED) is 0.747. The summed E-state index contributed by atoms with van der Waals surface area (Å²) in [5, 5.41) is 3.56. The van der Waals surface area contributed by atoms with Crippen LogP contribution in [-0.4, -0.2) is 41.5 Å². The molecule has 1 rings (SSSR count). The molecule has 0 aromatic carbocycles. The molecule has 0 bridgehead atoms. The number of hydrogen-bond donors (Lipinski definition) is 1. The first-order valence-electron chi connectivity index (χ1n) is 5.40. The van der Waals surface area contributed by atoms with E-state index in [1.807, 2.05) is 7.05 Å². The summed E-state index contributed by atoms with van der Waals surface area (Å²) < 4.78 is 17.2. The molecule has 0 aromatic rings. The second-order valence-electron chi connectivity index (χ2n) is 3.75. The van der Waals surface area contributed by atoms with Gasteiger partial charge in [0.1, 0.15) is 0 Å². The minimum absolute atomic E-state index is 0.367. The maximum Gasteiger partial charge on any atom is 0.0477 e. The normalized spacial score (nSPS) is 23.3. The van der Waals surface area contributed by atoms with Crippen LogP contribution in [0.25, 0.3) is 0 Å². The lowest BCUT2D eigenvalue weighted by molar-refractivity contribution is 0.0992. The molecule has 2 unspecified atom stereocenters. The molecule has 0 spiro atoms. The summed E-state index contributed by atoms with van der Waals surface area (Å²) in [6, 6.07) is 0.402. The lowest BCUT2D eigenvalue weighted by Crippen LogP contribution is -2.35. The Hall–Kier alpha value is 0.0700. The fraction of sp³-hybridized carbons (Fsp3) is 1.00. The molecule has 0 aliphatic carbocycles. The largest absolute Gasteiger partial charge is 0.381 e. The third-order valence-corrected chi connectivity index (χ3v) is 4.75. The van der Waals surface area contributed by atoms with E-state index < -0.39 is 10.8 Å². The van der Waals surface area contributed by atoms with E-state index in [9.17, 15) is 4.21 Å². The van der Waals surface area contributed by atoms with Crippen LogP contribution in [0.4, 0.5) is 0 Å². The van der Waals surface area contributed by atoms with E-state index in [-0.39, 0.29) is 0 Å².